The summed E-state index contributed by atoms with van der Waals surface area (Å²) in [5.74, 6) is 5.14. The van der Waals surface area contributed by atoms with Crippen LogP contribution in [0, 0.1) is 71.0 Å². The van der Waals surface area contributed by atoms with Gasteiger partial charge in [-0.15, -0.1) is 0 Å². The van der Waals surface area contributed by atoms with E-state index < -0.39 is 24.5 Å². The van der Waals surface area contributed by atoms with Crippen LogP contribution in [-0.2, 0) is 85.3 Å². The summed E-state index contributed by atoms with van der Waals surface area (Å²) in [5, 5.41) is 0. The summed E-state index contributed by atoms with van der Waals surface area (Å²) < 4.78 is 105. The van der Waals surface area contributed by atoms with Crippen LogP contribution in [0.1, 0.15) is 80.1 Å². The van der Waals surface area contributed by atoms with Crippen molar-refractivity contribution >= 4 is 12.3 Å². The molecule has 0 radical (unpaired) electrons. The van der Waals surface area contributed by atoms with Crippen LogP contribution in [0.4, 0.5) is 9.59 Å². The predicted octanol–water partition coefficient (Wildman–Crippen LogP) is 5.26. The van der Waals surface area contributed by atoms with E-state index in [0.29, 0.717) is 71.4 Å². The zero-order valence-corrected chi connectivity index (χ0v) is 44.7. The summed E-state index contributed by atoms with van der Waals surface area (Å²) in [5.41, 5.74) is 0. The summed E-state index contributed by atoms with van der Waals surface area (Å²) >= 11 is 0. The van der Waals surface area contributed by atoms with Crippen molar-refractivity contribution in [2.75, 3.05) is 55.2 Å². The van der Waals surface area contributed by atoms with Gasteiger partial charge in [0.15, 0.2) is 24.8 Å². The van der Waals surface area contributed by atoms with E-state index in [1.54, 1.807) is 14.2 Å². The molecule has 20 nitrogen and oxygen atoms in total. The molecular weight excluding hydrogens is 969 g/mol. The Kier molecular flexibility index (Phi) is 15.1. The minimum Gasteiger partial charge on any atom is -0.438 e. The number of ether oxygens (including phenoxy) is 18. The molecule has 14 saturated heterocycles. The van der Waals surface area contributed by atoms with Crippen LogP contribution < -0.4 is 0 Å². The van der Waals surface area contributed by atoms with Crippen molar-refractivity contribution in [2.24, 2.45) is 71.0 Å². The van der Waals surface area contributed by atoms with Crippen LogP contribution in [0.25, 0.3) is 0 Å². The van der Waals surface area contributed by atoms with Crippen molar-refractivity contribution in [3.8, 4) is 0 Å². The first-order valence-electron chi connectivity index (χ1n) is 28.1. The normalized spacial score (nSPS) is 54.6. The van der Waals surface area contributed by atoms with Crippen molar-refractivity contribution in [3.05, 3.63) is 0 Å². The molecule has 20 heteroatoms. The van der Waals surface area contributed by atoms with Crippen LogP contribution in [0.15, 0.2) is 0 Å². The first-order valence-corrected chi connectivity index (χ1v) is 28.1. The number of methoxy groups -OCH3 is 4. The molecule has 0 saturated carbocycles. The molecule has 418 valence electrons. The van der Waals surface area contributed by atoms with Gasteiger partial charge < -0.3 is 85.3 Å². The van der Waals surface area contributed by atoms with Crippen molar-refractivity contribution in [1.29, 1.82) is 0 Å². The number of hydrogen-bond acceptors (Lipinski definition) is 20. The second kappa shape index (κ2) is 21.2. The highest BCUT2D eigenvalue weighted by Gasteiger charge is 2.75. The van der Waals surface area contributed by atoms with Crippen molar-refractivity contribution in [2.45, 2.75) is 203 Å². The zero-order chi connectivity index (χ0) is 51.4. The standard InChI is InChI=1S/C22H34O6.C16H22O8.C16H26O6/c1-11-12(2)18-16-15(17(11)27-18)19-21(25-13-7-3-5-9-23-13)22(20(16)28-19)26-14-8-4-6-10-24-14;1-5-6(2)10-8-7(9(5)21-10)11-13(23-15(17)19-3)14(12(8)22-11)24-16(18)20-4;1-7-8(2)12-10-9(11(7)21-12)13-15(19-5-17-3)16(14(10)22-13)20-6-18-4/h11-22H,3-10H2,1-2H3;5-14H,1-4H3;7-16H,5-6H2,1-4H3. The number of carbonyl (C=O) groups is 2. The van der Waals surface area contributed by atoms with E-state index >= 15 is 0 Å². The SMILES string of the molecule is CC1C(C)C2OC1C1C3OC(C(OC4CCCCO4)C3OC3CCCCO3)C21.COC(=O)OC1C(OC(=O)OC)C2OC1C1C3OC(C(C)C3C)C21.COCOC1C(OCOC)C2OC1C1C3OC(C(C)C3C)C21. The molecule has 14 rings (SSSR count). The fraction of sp³-hybridized carbons (Fsp3) is 0.963. The van der Waals surface area contributed by atoms with Gasteiger partial charge in [0, 0.05) is 62.9 Å². The largest absolute Gasteiger partial charge is 0.508 e. The molecule has 0 aromatic heterocycles. The highest BCUT2D eigenvalue weighted by molar-refractivity contribution is 5.61. The van der Waals surface area contributed by atoms with Crippen molar-refractivity contribution in [3.63, 3.8) is 0 Å². The molecule has 14 aliphatic rings. The van der Waals surface area contributed by atoms with Crippen molar-refractivity contribution < 1.29 is 94.9 Å². The Bertz CT molecular complexity index is 1840. The smallest absolute Gasteiger partial charge is 0.438 e. The molecule has 32 unspecified atom stereocenters. The molecule has 32 atom stereocenters. The topological polar surface area (TPSA) is 200 Å². The third-order valence-electron chi connectivity index (χ3n) is 20.7. The number of fused-ring (bicyclic) bond motifs is 27. The molecule has 14 fully saturated rings. The van der Waals surface area contributed by atoms with E-state index in [0.717, 1.165) is 51.7 Å². The number of hydrogen-bond donors (Lipinski definition) is 0. The molecule has 14 heterocycles. The van der Waals surface area contributed by atoms with E-state index in [-0.39, 0.29) is 123 Å². The van der Waals surface area contributed by atoms with E-state index in [4.69, 9.17) is 75.8 Å². The maximum Gasteiger partial charge on any atom is 0.508 e. The van der Waals surface area contributed by atoms with Gasteiger partial charge in [-0.1, -0.05) is 41.5 Å². The molecule has 0 spiro atoms. The maximum absolute atomic E-state index is 11.6. The van der Waals surface area contributed by atoms with Crippen LogP contribution in [-0.4, -0.2) is 190 Å². The molecular formula is C54H82O20. The molecule has 0 aliphatic carbocycles. The fourth-order valence-electron chi connectivity index (χ4n) is 17.0. The first kappa shape index (κ1) is 52.7. The van der Waals surface area contributed by atoms with Crippen LogP contribution in [0.2, 0.25) is 0 Å². The first-order chi connectivity index (χ1) is 35.9. The predicted molar refractivity (Wildman–Crippen MR) is 253 cm³/mol. The van der Waals surface area contributed by atoms with E-state index in [9.17, 15) is 9.59 Å². The van der Waals surface area contributed by atoms with Gasteiger partial charge in [-0.05, 0) is 74.0 Å². The molecule has 0 N–H and O–H groups in total. The second-order valence-corrected chi connectivity index (χ2v) is 24.0. The van der Waals surface area contributed by atoms with Gasteiger partial charge in [-0.25, -0.2) is 9.59 Å². The number of carbonyl (C=O) groups excluding carboxylic acids is 2. The Labute approximate surface area is 434 Å². The molecule has 14 aliphatic heterocycles. The fourth-order valence-corrected chi connectivity index (χ4v) is 17.0. The summed E-state index contributed by atoms with van der Waals surface area (Å²) in [6.07, 6.45) is 3.59. The van der Waals surface area contributed by atoms with Crippen LogP contribution in [0.5, 0.6) is 0 Å². The molecule has 0 aromatic rings. The average Bonchev–Trinajstić information content (AvgIpc) is 4.28. The van der Waals surface area contributed by atoms with Gasteiger partial charge in [-0.3, -0.25) is 0 Å². The van der Waals surface area contributed by atoms with Gasteiger partial charge in [0.05, 0.1) is 75.3 Å². The van der Waals surface area contributed by atoms with Gasteiger partial charge in [0.2, 0.25) is 0 Å². The van der Waals surface area contributed by atoms with E-state index in [1.165, 1.54) is 14.2 Å². The van der Waals surface area contributed by atoms with Gasteiger partial charge in [-0.2, -0.15) is 0 Å². The highest BCUT2D eigenvalue weighted by Crippen LogP contribution is 2.64. The molecule has 0 aromatic carbocycles. The lowest BCUT2D eigenvalue weighted by molar-refractivity contribution is -0.255. The van der Waals surface area contributed by atoms with Crippen molar-refractivity contribution in [1.82, 2.24) is 0 Å². The Hall–Kier alpha value is -2.02. The van der Waals surface area contributed by atoms with Crippen LogP contribution in [0.3, 0.4) is 0 Å². The monoisotopic (exact) mass is 1050 g/mol. The molecule has 0 amide bonds. The zero-order valence-electron chi connectivity index (χ0n) is 44.7. The van der Waals surface area contributed by atoms with Crippen LogP contribution >= 0.6 is 0 Å². The summed E-state index contributed by atoms with van der Waals surface area (Å²) in [7, 11) is 5.73. The summed E-state index contributed by atoms with van der Waals surface area (Å²) in [4.78, 5) is 23.2. The minimum atomic E-state index is -0.823. The molecule has 12 bridgehead atoms. The Morgan fingerprint density at radius 3 is 0.932 bits per heavy atom. The quantitative estimate of drug-likeness (QED) is 0.139. The lowest BCUT2D eigenvalue weighted by Crippen LogP contribution is -2.56. The Morgan fingerprint density at radius 2 is 0.662 bits per heavy atom. The Balaban J connectivity index is 0.000000114. The molecule has 74 heavy (non-hydrogen) atoms. The van der Waals surface area contributed by atoms with E-state index in [1.807, 2.05) is 0 Å². The lowest BCUT2D eigenvalue weighted by atomic mass is 9.63. The number of rotatable bonds is 12. The third kappa shape index (κ3) is 8.50. The van der Waals surface area contributed by atoms with Gasteiger partial charge in [0.25, 0.3) is 0 Å². The van der Waals surface area contributed by atoms with E-state index in [2.05, 4.69) is 51.0 Å². The average molecular weight is 1050 g/mol. The Morgan fingerprint density at radius 1 is 0.378 bits per heavy atom. The highest BCUT2D eigenvalue weighted by atomic mass is 16.8. The third-order valence-corrected chi connectivity index (χ3v) is 20.7. The summed E-state index contributed by atoms with van der Waals surface area (Å²) in [6, 6.07) is 0. The second-order valence-electron chi connectivity index (χ2n) is 24.0. The maximum atomic E-state index is 11.6. The van der Waals surface area contributed by atoms with Gasteiger partial charge >= 0.3 is 12.3 Å². The summed E-state index contributed by atoms with van der Waals surface area (Å²) in [6.45, 7) is 15.7. The van der Waals surface area contributed by atoms with Gasteiger partial charge in [0.1, 0.15) is 50.2 Å². The minimum absolute atomic E-state index is 0.0388. The lowest BCUT2D eigenvalue weighted by Gasteiger charge is -2.43.